The fourth-order valence-corrected chi connectivity index (χ4v) is 2.52. The van der Waals surface area contributed by atoms with Crippen LogP contribution in [-0.2, 0) is 0 Å². The minimum absolute atomic E-state index is 0.533. The van der Waals surface area contributed by atoms with Gasteiger partial charge in [-0.25, -0.2) is 0 Å². The third-order valence-electron chi connectivity index (χ3n) is 4.40. The van der Waals surface area contributed by atoms with Crippen LogP contribution in [-0.4, -0.2) is 25.2 Å². The fraction of sp³-hybridized carbons (Fsp3) is 1.00. The summed E-state index contributed by atoms with van der Waals surface area (Å²) in [6.45, 7) is 8.41. The third kappa shape index (κ3) is 1.96. The molecule has 2 N–H and O–H groups in total. The average Bonchev–Trinajstić information content (AvgIpc) is 2.00. The topological polar surface area (TPSA) is 24.1 Å². The Bertz CT molecular complexity index is 177. The van der Waals surface area contributed by atoms with Crippen LogP contribution in [0.4, 0.5) is 0 Å². The van der Waals surface area contributed by atoms with Crippen LogP contribution in [0, 0.1) is 11.8 Å². The van der Waals surface area contributed by atoms with E-state index in [1.165, 1.54) is 45.3 Å². The number of hydrogen-bond acceptors (Lipinski definition) is 2. The van der Waals surface area contributed by atoms with Gasteiger partial charge in [-0.2, -0.15) is 0 Å². The minimum atomic E-state index is 0.533. The fourth-order valence-electron chi connectivity index (χ4n) is 2.52. The van der Waals surface area contributed by atoms with Gasteiger partial charge in [-0.3, -0.25) is 0 Å². The van der Waals surface area contributed by atoms with Crippen LogP contribution >= 0.6 is 0 Å². The molecule has 2 rings (SSSR count). The molecular weight excluding hydrogens is 172 g/mol. The van der Waals surface area contributed by atoms with Crippen molar-refractivity contribution < 1.29 is 0 Å². The van der Waals surface area contributed by atoms with E-state index in [1.807, 2.05) is 0 Å². The smallest absolute Gasteiger partial charge is 0.0179 e. The van der Waals surface area contributed by atoms with Crippen molar-refractivity contribution in [3.8, 4) is 0 Å². The maximum atomic E-state index is 3.80. The first kappa shape index (κ1) is 10.4. The molecule has 1 aliphatic heterocycles. The summed E-state index contributed by atoms with van der Waals surface area (Å²) in [5.74, 6) is 1.77. The molecular formula is C12H24N2. The summed E-state index contributed by atoms with van der Waals surface area (Å²) in [4.78, 5) is 0. The Kier molecular flexibility index (Phi) is 3.13. The highest BCUT2D eigenvalue weighted by Gasteiger charge is 2.35. The van der Waals surface area contributed by atoms with Crippen molar-refractivity contribution in [3.05, 3.63) is 0 Å². The Morgan fingerprint density at radius 2 is 2.14 bits per heavy atom. The molecule has 1 aliphatic carbocycles. The van der Waals surface area contributed by atoms with E-state index >= 15 is 0 Å². The predicted molar refractivity (Wildman–Crippen MR) is 60.4 cm³/mol. The lowest BCUT2D eigenvalue weighted by Gasteiger charge is -2.44. The summed E-state index contributed by atoms with van der Waals surface area (Å²) in [6.07, 6.45) is 5.54. The molecule has 0 aromatic carbocycles. The second kappa shape index (κ2) is 4.19. The van der Waals surface area contributed by atoms with Gasteiger partial charge in [0.25, 0.3) is 0 Å². The van der Waals surface area contributed by atoms with E-state index in [4.69, 9.17) is 0 Å². The van der Waals surface area contributed by atoms with Gasteiger partial charge in [0.05, 0.1) is 0 Å². The highest BCUT2D eigenvalue weighted by Crippen LogP contribution is 2.34. The Morgan fingerprint density at radius 1 is 1.43 bits per heavy atom. The van der Waals surface area contributed by atoms with Crippen LogP contribution in [0.3, 0.4) is 0 Å². The molecule has 2 heteroatoms. The van der Waals surface area contributed by atoms with Gasteiger partial charge in [-0.15, -0.1) is 0 Å². The molecule has 0 bridgehead atoms. The van der Waals surface area contributed by atoms with Gasteiger partial charge in [-0.1, -0.05) is 13.8 Å². The summed E-state index contributed by atoms with van der Waals surface area (Å²) in [6, 6.07) is 0. The number of nitrogens with one attached hydrogen (secondary N) is 2. The van der Waals surface area contributed by atoms with Crippen molar-refractivity contribution in [2.24, 2.45) is 11.8 Å². The van der Waals surface area contributed by atoms with Crippen LogP contribution in [0.2, 0.25) is 0 Å². The van der Waals surface area contributed by atoms with Crippen molar-refractivity contribution in [1.82, 2.24) is 10.6 Å². The predicted octanol–water partition coefficient (Wildman–Crippen LogP) is 1.76. The SMILES string of the molecule is CCC1(NCC(C)C2CNC2)CCC1. The van der Waals surface area contributed by atoms with Crippen molar-refractivity contribution in [2.45, 2.75) is 45.1 Å². The van der Waals surface area contributed by atoms with E-state index in [9.17, 15) is 0 Å². The maximum Gasteiger partial charge on any atom is 0.0179 e. The molecule has 14 heavy (non-hydrogen) atoms. The molecule has 1 unspecified atom stereocenters. The molecule has 1 heterocycles. The molecule has 0 amide bonds. The normalized spacial score (nSPS) is 27.9. The zero-order valence-electron chi connectivity index (χ0n) is 9.60. The van der Waals surface area contributed by atoms with Crippen LogP contribution < -0.4 is 10.6 Å². The van der Waals surface area contributed by atoms with Gasteiger partial charge >= 0.3 is 0 Å². The second-order valence-corrected chi connectivity index (χ2v) is 5.26. The molecule has 1 saturated carbocycles. The minimum Gasteiger partial charge on any atom is -0.316 e. The standard InChI is InChI=1S/C12H24N2/c1-3-12(5-4-6-12)14-7-10(2)11-8-13-9-11/h10-11,13-14H,3-9H2,1-2H3. The monoisotopic (exact) mass is 196 g/mol. The molecule has 2 nitrogen and oxygen atoms in total. The number of hydrogen-bond donors (Lipinski definition) is 2. The van der Waals surface area contributed by atoms with Gasteiger partial charge in [0.2, 0.25) is 0 Å². The molecule has 2 fully saturated rings. The highest BCUT2D eigenvalue weighted by atomic mass is 15.0. The zero-order valence-corrected chi connectivity index (χ0v) is 9.60. The van der Waals surface area contributed by atoms with E-state index in [1.54, 1.807) is 0 Å². The van der Waals surface area contributed by atoms with Crippen molar-refractivity contribution in [2.75, 3.05) is 19.6 Å². The average molecular weight is 196 g/mol. The Balaban J connectivity index is 1.69. The molecule has 0 aromatic rings. The first-order valence-electron chi connectivity index (χ1n) is 6.21. The van der Waals surface area contributed by atoms with Crippen LogP contribution in [0.1, 0.15) is 39.5 Å². The summed E-state index contributed by atoms with van der Waals surface area (Å²) < 4.78 is 0. The Morgan fingerprint density at radius 3 is 2.50 bits per heavy atom. The summed E-state index contributed by atoms with van der Waals surface area (Å²) in [5, 5.41) is 7.16. The number of rotatable bonds is 5. The lowest BCUT2D eigenvalue weighted by atomic mass is 9.74. The first-order valence-corrected chi connectivity index (χ1v) is 6.21. The van der Waals surface area contributed by atoms with Gasteiger partial charge in [-0.05, 0) is 57.2 Å². The summed E-state index contributed by atoms with van der Waals surface area (Å²) >= 11 is 0. The van der Waals surface area contributed by atoms with Crippen LogP contribution in [0.25, 0.3) is 0 Å². The quantitative estimate of drug-likeness (QED) is 0.700. The molecule has 1 saturated heterocycles. The van der Waals surface area contributed by atoms with E-state index in [2.05, 4.69) is 24.5 Å². The third-order valence-corrected chi connectivity index (χ3v) is 4.40. The lowest BCUT2D eigenvalue weighted by Crippen LogP contribution is -2.54. The highest BCUT2D eigenvalue weighted by molar-refractivity contribution is 4.95. The van der Waals surface area contributed by atoms with E-state index in [0.29, 0.717) is 5.54 Å². The zero-order chi connectivity index (χ0) is 10.0. The van der Waals surface area contributed by atoms with E-state index in [-0.39, 0.29) is 0 Å². The summed E-state index contributed by atoms with van der Waals surface area (Å²) in [7, 11) is 0. The van der Waals surface area contributed by atoms with Gasteiger partial charge in [0.15, 0.2) is 0 Å². The van der Waals surface area contributed by atoms with Crippen molar-refractivity contribution in [1.29, 1.82) is 0 Å². The molecule has 0 spiro atoms. The largest absolute Gasteiger partial charge is 0.316 e. The van der Waals surface area contributed by atoms with Crippen LogP contribution in [0.5, 0.6) is 0 Å². The van der Waals surface area contributed by atoms with Gasteiger partial charge < -0.3 is 10.6 Å². The van der Waals surface area contributed by atoms with Gasteiger partial charge in [0, 0.05) is 5.54 Å². The molecule has 1 atom stereocenters. The first-order chi connectivity index (χ1) is 6.76. The molecule has 82 valence electrons. The van der Waals surface area contributed by atoms with Gasteiger partial charge in [0.1, 0.15) is 0 Å². The molecule has 0 aromatic heterocycles. The van der Waals surface area contributed by atoms with Crippen LogP contribution in [0.15, 0.2) is 0 Å². The lowest BCUT2D eigenvalue weighted by molar-refractivity contribution is 0.150. The van der Waals surface area contributed by atoms with Crippen molar-refractivity contribution in [3.63, 3.8) is 0 Å². The van der Waals surface area contributed by atoms with E-state index < -0.39 is 0 Å². The Labute approximate surface area is 87.8 Å². The second-order valence-electron chi connectivity index (χ2n) is 5.26. The van der Waals surface area contributed by atoms with E-state index in [0.717, 1.165) is 11.8 Å². The Hall–Kier alpha value is -0.0800. The summed E-state index contributed by atoms with van der Waals surface area (Å²) in [5.41, 5.74) is 0.533. The molecule has 2 aliphatic rings. The van der Waals surface area contributed by atoms with Crippen molar-refractivity contribution >= 4 is 0 Å². The molecule has 0 radical (unpaired) electrons. The maximum absolute atomic E-state index is 3.80.